The van der Waals surface area contributed by atoms with E-state index < -0.39 is 5.97 Å². The number of ether oxygens (including phenoxy) is 2. The molecule has 1 aliphatic rings. The molecule has 0 spiro atoms. The number of hydrogen-bond donors (Lipinski definition) is 1. The highest BCUT2D eigenvalue weighted by Crippen LogP contribution is 2.17. The Hall–Kier alpha value is -1.59. The molecule has 1 aromatic rings. The fraction of sp³-hybridized carbons (Fsp3) is 0.462. The Morgan fingerprint density at radius 2 is 2.17 bits per heavy atom. The second-order valence-corrected chi connectivity index (χ2v) is 4.30. The van der Waals surface area contributed by atoms with E-state index in [4.69, 9.17) is 10.5 Å². The van der Waals surface area contributed by atoms with Gasteiger partial charge in [0.2, 0.25) is 0 Å². The number of anilines is 1. The Kier molecular flexibility index (Phi) is 4.17. The molecule has 0 bridgehead atoms. The van der Waals surface area contributed by atoms with Crippen LogP contribution in [0, 0.1) is 0 Å². The highest BCUT2D eigenvalue weighted by molar-refractivity contribution is 5.95. The van der Waals surface area contributed by atoms with Crippen LogP contribution >= 0.6 is 0 Å². The number of hydrogen-bond acceptors (Lipinski definition) is 5. The van der Waals surface area contributed by atoms with Gasteiger partial charge in [-0.15, -0.1) is 0 Å². The van der Waals surface area contributed by atoms with Gasteiger partial charge in [0.25, 0.3) is 0 Å². The lowest BCUT2D eigenvalue weighted by Crippen LogP contribution is -2.35. The first-order valence-corrected chi connectivity index (χ1v) is 5.97. The molecule has 98 valence electrons. The Balaban J connectivity index is 2.06. The maximum Gasteiger partial charge on any atom is 0.339 e. The average Bonchev–Trinajstić information content (AvgIpc) is 2.39. The first kappa shape index (κ1) is 12.9. The predicted octanol–water partition coefficient (Wildman–Crippen LogP) is 0.888. The minimum Gasteiger partial charge on any atom is -0.465 e. The van der Waals surface area contributed by atoms with Gasteiger partial charge >= 0.3 is 5.97 Å². The van der Waals surface area contributed by atoms with E-state index in [9.17, 15) is 4.79 Å². The zero-order valence-corrected chi connectivity index (χ0v) is 10.5. The Morgan fingerprint density at radius 3 is 2.78 bits per heavy atom. The summed E-state index contributed by atoms with van der Waals surface area (Å²) in [5, 5.41) is 0. The van der Waals surface area contributed by atoms with Crippen molar-refractivity contribution in [1.82, 2.24) is 4.90 Å². The molecule has 1 heterocycles. The number of carbonyl (C=O) groups is 1. The van der Waals surface area contributed by atoms with Crippen LogP contribution in [0.3, 0.4) is 0 Å². The van der Waals surface area contributed by atoms with Crippen molar-refractivity contribution >= 4 is 11.7 Å². The number of morpholine rings is 1. The van der Waals surface area contributed by atoms with Gasteiger partial charge in [0.15, 0.2) is 0 Å². The smallest absolute Gasteiger partial charge is 0.339 e. The largest absolute Gasteiger partial charge is 0.465 e. The molecule has 1 fully saturated rings. The zero-order chi connectivity index (χ0) is 13.0. The summed E-state index contributed by atoms with van der Waals surface area (Å²) in [7, 11) is 1.35. The first-order valence-electron chi connectivity index (χ1n) is 5.97. The van der Waals surface area contributed by atoms with E-state index in [-0.39, 0.29) is 0 Å². The summed E-state index contributed by atoms with van der Waals surface area (Å²) in [4.78, 5) is 13.7. The van der Waals surface area contributed by atoms with Crippen molar-refractivity contribution < 1.29 is 14.3 Å². The monoisotopic (exact) mass is 250 g/mol. The van der Waals surface area contributed by atoms with Crippen molar-refractivity contribution in [1.29, 1.82) is 0 Å². The third-order valence-corrected chi connectivity index (χ3v) is 3.03. The van der Waals surface area contributed by atoms with Crippen LogP contribution in [-0.4, -0.2) is 44.3 Å². The second kappa shape index (κ2) is 5.84. The number of rotatable bonds is 3. The van der Waals surface area contributed by atoms with Crippen LogP contribution < -0.4 is 5.73 Å². The normalized spacial score (nSPS) is 16.5. The highest BCUT2D eigenvalue weighted by atomic mass is 16.5. The topological polar surface area (TPSA) is 64.8 Å². The van der Waals surface area contributed by atoms with Crippen molar-refractivity contribution in [2.24, 2.45) is 0 Å². The summed E-state index contributed by atoms with van der Waals surface area (Å²) in [6, 6.07) is 5.47. The van der Waals surface area contributed by atoms with E-state index in [0.29, 0.717) is 11.3 Å². The fourth-order valence-corrected chi connectivity index (χ4v) is 2.02. The van der Waals surface area contributed by atoms with E-state index in [1.165, 1.54) is 7.11 Å². The molecular weight excluding hydrogens is 232 g/mol. The number of carbonyl (C=O) groups excluding carboxylic acids is 1. The van der Waals surface area contributed by atoms with Gasteiger partial charge in [-0.3, -0.25) is 4.90 Å². The van der Waals surface area contributed by atoms with Crippen LogP contribution in [0.25, 0.3) is 0 Å². The van der Waals surface area contributed by atoms with Gasteiger partial charge in [-0.2, -0.15) is 0 Å². The number of nitrogen functional groups attached to an aromatic ring is 1. The van der Waals surface area contributed by atoms with Crippen LogP contribution in [0.4, 0.5) is 5.69 Å². The summed E-state index contributed by atoms with van der Waals surface area (Å²) < 4.78 is 9.96. The fourth-order valence-electron chi connectivity index (χ4n) is 2.02. The predicted molar refractivity (Wildman–Crippen MR) is 68.3 cm³/mol. The Labute approximate surface area is 106 Å². The Morgan fingerprint density at radius 1 is 1.44 bits per heavy atom. The maximum absolute atomic E-state index is 11.4. The van der Waals surface area contributed by atoms with E-state index in [0.717, 1.165) is 38.4 Å². The molecule has 0 radical (unpaired) electrons. The number of nitrogens with two attached hydrogens (primary N) is 1. The van der Waals surface area contributed by atoms with Gasteiger partial charge in [-0.05, 0) is 17.7 Å². The number of esters is 1. The summed E-state index contributed by atoms with van der Waals surface area (Å²) in [6.45, 7) is 4.23. The molecule has 0 atom stereocenters. The molecule has 2 rings (SSSR count). The van der Waals surface area contributed by atoms with Crippen LogP contribution in [0.1, 0.15) is 15.9 Å². The van der Waals surface area contributed by atoms with Gasteiger partial charge in [0, 0.05) is 25.3 Å². The van der Waals surface area contributed by atoms with Gasteiger partial charge in [0.05, 0.1) is 25.9 Å². The van der Waals surface area contributed by atoms with E-state index >= 15 is 0 Å². The summed E-state index contributed by atoms with van der Waals surface area (Å²) >= 11 is 0. The molecule has 2 N–H and O–H groups in total. The molecule has 1 saturated heterocycles. The van der Waals surface area contributed by atoms with Crippen molar-refractivity contribution in [2.75, 3.05) is 39.1 Å². The van der Waals surface area contributed by atoms with E-state index in [1.54, 1.807) is 6.07 Å². The molecule has 0 saturated carbocycles. The molecule has 5 nitrogen and oxygen atoms in total. The molecule has 5 heteroatoms. The average molecular weight is 250 g/mol. The minimum absolute atomic E-state index is 0.398. The number of nitrogens with zero attached hydrogens (tertiary/aromatic N) is 1. The molecule has 1 aliphatic heterocycles. The summed E-state index contributed by atoms with van der Waals surface area (Å²) in [5.74, 6) is -0.398. The lowest BCUT2D eigenvalue weighted by Gasteiger charge is -2.26. The van der Waals surface area contributed by atoms with Crippen LogP contribution in [0.5, 0.6) is 0 Å². The molecular formula is C13H18N2O3. The third-order valence-electron chi connectivity index (χ3n) is 3.03. The van der Waals surface area contributed by atoms with E-state index in [2.05, 4.69) is 9.64 Å². The van der Waals surface area contributed by atoms with Gasteiger partial charge in [-0.1, -0.05) is 6.07 Å². The van der Waals surface area contributed by atoms with Crippen LogP contribution in [0.15, 0.2) is 18.2 Å². The second-order valence-electron chi connectivity index (χ2n) is 4.30. The third kappa shape index (κ3) is 3.00. The minimum atomic E-state index is -0.398. The standard InChI is InChI=1S/C13H18N2O3/c1-17-13(16)11-3-2-10(8-12(11)14)9-15-4-6-18-7-5-15/h2-3,8H,4-7,9,14H2,1H3. The molecule has 0 aliphatic carbocycles. The lowest BCUT2D eigenvalue weighted by atomic mass is 10.1. The molecule has 0 amide bonds. The molecule has 1 aromatic carbocycles. The molecule has 0 unspecified atom stereocenters. The van der Waals surface area contributed by atoms with Gasteiger partial charge in [0.1, 0.15) is 0 Å². The zero-order valence-electron chi connectivity index (χ0n) is 10.5. The highest BCUT2D eigenvalue weighted by Gasteiger charge is 2.13. The van der Waals surface area contributed by atoms with Gasteiger partial charge in [-0.25, -0.2) is 4.79 Å². The number of benzene rings is 1. The maximum atomic E-state index is 11.4. The van der Waals surface area contributed by atoms with Crippen molar-refractivity contribution in [3.8, 4) is 0 Å². The van der Waals surface area contributed by atoms with Crippen LogP contribution in [-0.2, 0) is 16.0 Å². The van der Waals surface area contributed by atoms with Crippen molar-refractivity contribution in [3.63, 3.8) is 0 Å². The SMILES string of the molecule is COC(=O)c1ccc(CN2CCOCC2)cc1N. The van der Waals surface area contributed by atoms with Crippen LogP contribution in [0.2, 0.25) is 0 Å². The summed E-state index contributed by atoms with van der Waals surface area (Å²) in [5.41, 5.74) is 7.84. The van der Waals surface area contributed by atoms with Crippen molar-refractivity contribution in [3.05, 3.63) is 29.3 Å². The lowest BCUT2D eigenvalue weighted by molar-refractivity contribution is 0.0342. The van der Waals surface area contributed by atoms with Crippen molar-refractivity contribution in [2.45, 2.75) is 6.54 Å². The molecule has 18 heavy (non-hydrogen) atoms. The molecule has 0 aromatic heterocycles. The first-order chi connectivity index (χ1) is 8.70. The van der Waals surface area contributed by atoms with Gasteiger partial charge < -0.3 is 15.2 Å². The number of methoxy groups -OCH3 is 1. The quantitative estimate of drug-likeness (QED) is 0.637. The summed E-state index contributed by atoms with van der Waals surface area (Å²) in [6.07, 6.45) is 0. The Bertz CT molecular complexity index is 428. The van der Waals surface area contributed by atoms with E-state index in [1.807, 2.05) is 12.1 Å².